The van der Waals surface area contributed by atoms with Gasteiger partial charge in [-0.2, -0.15) is 0 Å². The maximum Gasteiger partial charge on any atom is 0.555 e. The molecule has 28 valence electrons. The van der Waals surface area contributed by atoms with Crippen molar-refractivity contribution in [3.05, 3.63) is 0 Å². The third-order valence-corrected chi connectivity index (χ3v) is 0.729. The van der Waals surface area contributed by atoms with Crippen molar-refractivity contribution in [3.8, 4) is 0 Å². The molecule has 0 aromatic rings. The van der Waals surface area contributed by atoms with Gasteiger partial charge in [0.25, 0.3) is 0 Å². The van der Waals surface area contributed by atoms with E-state index in [-0.39, 0.29) is 0 Å². The molecule has 0 unspecified atom stereocenters. The van der Waals surface area contributed by atoms with E-state index in [0.29, 0.717) is 0 Å². The molecule has 1 aliphatic rings. The molecule has 0 aromatic carbocycles. The van der Waals surface area contributed by atoms with E-state index in [1.165, 1.54) is 0 Å². The zero-order valence-corrected chi connectivity index (χ0v) is 3.57. The van der Waals surface area contributed by atoms with Crippen LogP contribution in [-0.4, -0.2) is 27.1 Å². The minimum absolute atomic E-state index is 0.958. The lowest BCUT2D eigenvalue weighted by atomic mass is 9.89. The summed E-state index contributed by atoms with van der Waals surface area (Å²) in [6.07, 6.45) is 4.00. The molecule has 0 aliphatic carbocycles. The van der Waals surface area contributed by atoms with Crippen molar-refractivity contribution >= 4 is 27.1 Å². The van der Waals surface area contributed by atoms with Crippen molar-refractivity contribution in [1.82, 2.24) is 0 Å². The van der Waals surface area contributed by atoms with Gasteiger partial charge in [-0.15, -0.1) is 0 Å². The summed E-state index contributed by atoms with van der Waals surface area (Å²) >= 11 is 0. The average Bonchev–Trinajstić information content (AvgIpc) is 1.72. The lowest BCUT2D eigenvalue weighted by molar-refractivity contribution is -0.313. The Labute approximate surface area is 37.9 Å². The first kappa shape index (κ1) is 3.65. The molecule has 4 heteroatoms. The van der Waals surface area contributed by atoms with Gasteiger partial charge in [-0.1, -0.05) is 0 Å². The molecule has 0 aromatic heterocycles. The Hall–Kier alpha value is -0.530. The highest BCUT2D eigenvalue weighted by Crippen LogP contribution is 1.14. The Morgan fingerprint density at radius 2 is 1.50 bits per heavy atom. The highest BCUT2D eigenvalue weighted by atomic mass is 14.7. The molecule has 0 amide bonds. The van der Waals surface area contributed by atoms with Crippen molar-refractivity contribution in [3.63, 3.8) is 0 Å². The molecule has 1 aliphatic heterocycles. The van der Waals surface area contributed by atoms with E-state index in [1.807, 2.05) is 12.2 Å². The molecule has 0 bridgehead atoms. The topological polar surface area (TPSA) is 27.9 Å². The summed E-state index contributed by atoms with van der Waals surface area (Å²) in [5, 5.41) is 0. The number of hydrogen-bond acceptors (Lipinski definition) is 0. The van der Waals surface area contributed by atoms with Gasteiger partial charge in [-0.25, -0.2) is 0 Å². The highest BCUT2D eigenvalue weighted by molar-refractivity contribution is 6.68. The third-order valence-electron chi connectivity index (χ3n) is 0.729. The van der Waals surface area contributed by atoms with Crippen LogP contribution in [0, 0.1) is 0 Å². The van der Waals surface area contributed by atoms with Crippen LogP contribution in [0.3, 0.4) is 0 Å². The van der Waals surface area contributed by atoms with Crippen LogP contribution in [0.1, 0.15) is 0 Å². The van der Waals surface area contributed by atoms with Gasteiger partial charge in [0.15, 0.2) is 12.2 Å². The molecule has 0 fully saturated rings. The molecule has 0 saturated carbocycles. The second kappa shape index (κ2) is 1.80. The number of rotatable bonds is 0. The van der Waals surface area contributed by atoms with Gasteiger partial charge >= 0.3 is 14.8 Å². The van der Waals surface area contributed by atoms with Gasteiger partial charge in [0.1, 0.15) is 0 Å². The molecule has 1 rings (SSSR count). The quantitative estimate of drug-likeness (QED) is 0.272. The summed E-state index contributed by atoms with van der Waals surface area (Å²) in [7, 11) is 1.92. The Morgan fingerprint density at radius 3 is 1.67 bits per heavy atom. The molecular weight excluding hydrogens is 73.7 g/mol. The summed E-state index contributed by atoms with van der Waals surface area (Å²) in [5.74, 6) is 0. The molecule has 0 spiro atoms. The molecule has 0 saturated heterocycles. The van der Waals surface area contributed by atoms with Crippen LogP contribution < -0.4 is 9.81 Å². The molecule has 6 heavy (non-hydrogen) atoms. The summed E-state index contributed by atoms with van der Waals surface area (Å²) in [5.41, 5.74) is 0. The highest BCUT2D eigenvalue weighted by Gasteiger charge is 2.02. The van der Waals surface area contributed by atoms with Crippen LogP contribution in [0.15, 0.2) is 0 Å². The van der Waals surface area contributed by atoms with Gasteiger partial charge < -0.3 is 9.81 Å². The minimum atomic E-state index is 0.958. The lowest BCUT2D eigenvalue weighted by Crippen LogP contribution is -2.90. The zero-order chi connectivity index (χ0) is 4.24. The van der Waals surface area contributed by atoms with Gasteiger partial charge in [-0.05, 0) is 0 Å². The summed E-state index contributed by atoms with van der Waals surface area (Å²) in [4.78, 5) is 6.08. The van der Waals surface area contributed by atoms with Crippen LogP contribution in [0.2, 0.25) is 0 Å². The van der Waals surface area contributed by atoms with Gasteiger partial charge in [0.05, 0.1) is 0 Å². The van der Waals surface area contributed by atoms with Gasteiger partial charge in [-0.3, -0.25) is 0 Å². The Kier molecular flexibility index (Phi) is 1.10. The monoisotopic (exact) mass is 80.1 g/mol. The molecule has 1 heterocycles. The van der Waals surface area contributed by atoms with Crippen LogP contribution in [0.4, 0.5) is 0 Å². The number of nitrogens with one attached hydrogen (secondary N) is 2. The fourth-order valence-corrected chi connectivity index (χ4v) is 0.429. The predicted molar refractivity (Wildman–Crippen MR) is 28.4 cm³/mol. The predicted octanol–water partition coefficient (Wildman–Crippen LogP) is -5.08. The van der Waals surface area contributed by atoms with Crippen molar-refractivity contribution in [2.45, 2.75) is 0 Å². The van der Waals surface area contributed by atoms with E-state index in [2.05, 4.69) is 9.81 Å². The molecule has 2 N–H and O–H groups in total. The second-order valence-electron chi connectivity index (χ2n) is 1.22. The van der Waals surface area contributed by atoms with Crippen molar-refractivity contribution in [2.24, 2.45) is 0 Å². The second-order valence-corrected chi connectivity index (χ2v) is 1.22. The molecule has 0 atom stereocenters. The summed E-state index contributed by atoms with van der Waals surface area (Å²) < 4.78 is 0. The van der Waals surface area contributed by atoms with Crippen LogP contribution in [-0.2, 0) is 0 Å². The van der Waals surface area contributed by atoms with Crippen LogP contribution >= 0.6 is 0 Å². The van der Waals surface area contributed by atoms with E-state index >= 15 is 0 Å². The summed E-state index contributed by atoms with van der Waals surface area (Å²) in [6.45, 7) is 0. The van der Waals surface area contributed by atoms with E-state index in [4.69, 9.17) is 0 Å². The minimum Gasteiger partial charge on any atom is -0.335 e. The fourth-order valence-electron chi connectivity index (χ4n) is 0.429. The van der Waals surface area contributed by atoms with E-state index in [9.17, 15) is 0 Å². The zero-order valence-electron chi connectivity index (χ0n) is 3.57. The van der Waals surface area contributed by atoms with Crippen LogP contribution in [0.5, 0.6) is 0 Å². The lowest BCUT2D eigenvalue weighted by Gasteiger charge is -1.71. The Balaban J connectivity index is 2.40. The first-order valence-corrected chi connectivity index (χ1v) is 2.10. The maximum absolute atomic E-state index is 3.04. The normalized spacial score (nSPS) is 16.0. The van der Waals surface area contributed by atoms with Gasteiger partial charge in [0.2, 0.25) is 0 Å². The molecular formula is C2H6B2N2+2. The van der Waals surface area contributed by atoms with Crippen molar-refractivity contribution in [1.29, 1.82) is 0 Å². The third kappa shape index (κ3) is 0.707. The SMILES string of the molecule is B1C=[NH+]BC=[NH+]1. The summed E-state index contributed by atoms with van der Waals surface area (Å²) in [6, 6.07) is 0. The fraction of sp³-hybridized carbons (Fsp3) is 0. The number of hydrogen-bond donors (Lipinski definition) is 2. The molecule has 2 nitrogen and oxygen atoms in total. The maximum atomic E-state index is 3.04. The van der Waals surface area contributed by atoms with E-state index in [0.717, 1.165) is 14.8 Å². The Morgan fingerprint density at radius 1 is 1.00 bits per heavy atom. The van der Waals surface area contributed by atoms with Crippen molar-refractivity contribution in [2.75, 3.05) is 0 Å². The standard InChI is InChI=1S/C2H4B2N2/c1-3-6-2-4-5-1/h1-4H/p+2. The first-order chi connectivity index (χ1) is 3.00. The van der Waals surface area contributed by atoms with Crippen LogP contribution in [0.25, 0.3) is 0 Å². The van der Waals surface area contributed by atoms with Crippen molar-refractivity contribution < 1.29 is 9.81 Å². The van der Waals surface area contributed by atoms with E-state index in [1.54, 1.807) is 0 Å². The largest absolute Gasteiger partial charge is 0.555 e. The average molecular weight is 79.7 g/mol. The van der Waals surface area contributed by atoms with Gasteiger partial charge in [0, 0.05) is 0 Å². The smallest absolute Gasteiger partial charge is 0.335 e. The Bertz CT molecular complexity index is 67.5. The van der Waals surface area contributed by atoms with E-state index < -0.39 is 0 Å². The first-order valence-electron chi connectivity index (χ1n) is 2.10. The molecule has 0 radical (unpaired) electrons.